The highest BCUT2D eigenvalue weighted by Gasteiger charge is 2.32. The maximum Gasteiger partial charge on any atom is 0.416 e. The quantitative estimate of drug-likeness (QED) is 0.916. The molecule has 1 heterocycles. The van der Waals surface area contributed by atoms with Crippen molar-refractivity contribution in [2.24, 2.45) is 0 Å². The molecule has 2 rings (SSSR count). The molecule has 0 spiro atoms. The van der Waals surface area contributed by atoms with Gasteiger partial charge in [0.25, 0.3) is 0 Å². The van der Waals surface area contributed by atoms with Crippen LogP contribution in [0, 0.1) is 6.92 Å². The van der Waals surface area contributed by atoms with Crippen molar-refractivity contribution in [3.8, 4) is 11.3 Å². The maximum absolute atomic E-state index is 12.9. The molecule has 0 saturated carbocycles. The van der Waals surface area contributed by atoms with Gasteiger partial charge in [0.15, 0.2) is 0 Å². The van der Waals surface area contributed by atoms with Crippen LogP contribution in [-0.2, 0) is 12.6 Å². The molecule has 108 valence electrons. The largest absolute Gasteiger partial charge is 0.461 e. The molecule has 2 aromatic rings. The van der Waals surface area contributed by atoms with Crippen LogP contribution in [0.3, 0.4) is 0 Å². The third kappa shape index (κ3) is 3.22. The predicted octanol–water partition coefficient (Wildman–Crippen LogP) is 4.20. The first-order valence-corrected chi connectivity index (χ1v) is 6.22. The van der Waals surface area contributed by atoms with Gasteiger partial charge in [0, 0.05) is 12.0 Å². The fraction of sp³-hybridized carbons (Fsp3) is 0.333. The van der Waals surface area contributed by atoms with E-state index in [2.05, 4.69) is 0 Å². The van der Waals surface area contributed by atoms with Crippen LogP contribution in [0.2, 0.25) is 0 Å². The van der Waals surface area contributed by atoms with Crippen LogP contribution in [0.5, 0.6) is 0 Å². The number of hydrogen-bond donors (Lipinski definition) is 1. The summed E-state index contributed by atoms with van der Waals surface area (Å²) < 4.78 is 44.0. The maximum atomic E-state index is 12.9. The number of aryl methyl sites for hydroxylation is 1. The molecule has 2 nitrogen and oxygen atoms in total. The van der Waals surface area contributed by atoms with Crippen LogP contribution in [0.1, 0.15) is 23.8 Å². The Labute approximate surface area is 114 Å². The van der Waals surface area contributed by atoms with E-state index in [1.54, 1.807) is 25.1 Å². The monoisotopic (exact) mass is 284 g/mol. The summed E-state index contributed by atoms with van der Waals surface area (Å²) in [4.78, 5) is 0. The van der Waals surface area contributed by atoms with Gasteiger partial charge in [0.1, 0.15) is 11.5 Å². The minimum absolute atomic E-state index is 0.178. The lowest BCUT2D eigenvalue weighted by Gasteiger charge is -2.11. The smallest absolute Gasteiger partial charge is 0.416 e. The summed E-state index contributed by atoms with van der Waals surface area (Å²) in [5.41, 5.74) is -0.111. The second kappa shape index (κ2) is 5.32. The number of alkyl halides is 3. The number of halogens is 3. The summed E-state index contributed by atoms with van der Waals surface area (Å²) in [5, 5.41) is 9.26. The highest BCUT2D eigenvalue weighted by Crippen LogP contribution is 2.35. The molecule has 20 heavy (non-hydrogen) atoms. The van der Waals surface area contributed by atoms with E-state index >= 15 is 0 Å². The van der Waals surface area contributed by atoms with Gasteiger partial charge >= 0.3 is 6.18 Å². The van der Waals surface area contributed by atoms with Crippen LogP contribution in [-0.4, -0.2) is 11.2 Å². The summed E-state index contributed by atoms with van der Waals surface area (Å²) in [6, 6.07) is 7.38. The van der Waals surface area contributed by atoms with Crippen LogP contribution in [0.25, 0.3) is 11.3 Å². The molecule has 0 saturated heterocycles. The normalized spacial score (nSPS) is 13.5. The van der Waals surface area contributed by atoms with Crippen molar-refractivity contribution in [1.82, 2.24) is 0 Å². The molecule has 0 aliphatic rings. The van der Waals surface area contributed by atoms with Crippen LogP contribution in [0.4, 0.5) is 13.2 Å². The molecule has 0 radical (unpaired) electrons. The molecule has 1 atom stereocenters. The number of aliphatic hydroxyl groups excluding tert-OH is 1. The zero-order valence-corrected chi connectivity index (χ0v) is 11.2. The van der Waals surface area contributed by atoms with Gasteiger partial charge in [0.2, 0.25) is 0 Å². The van der Waals surface area contributed by atoms with Crippen molar-refractivity contribution in [3.05, 3.63) is 47.2 Å². The second-order valence-corrected chi connectivity index (χ2v) is 4.85. The van der Waals surface area contributed by atoms with Crippen LogP contribution in [0.15, 0.2) is 34.7 Å². The first-order chi connectivity index (χ1) is 9.27. The summed E-state index contributed by atoms with van der Waals surface area (Å²) >= 11 is 0. The van der Waals surface area contributed by atoms with Crippen LogP contribution < -0.4 is 0 Å². The molecule has 1 aromatic heterocycles. The molecule has 0 amide bonds. The Morgan fingerprint density at radius 3 is 2.50 bits per heavy atom. The molecule has 0 aliphatic carbocycles. The Kier molecular flexibility index (Phi) is 3.90. The van der Waals surface area contributed by atoms with E-state index in [1.807, 2.05) is 0 Å². The minimum atomic E-state index is -4.38. The highest BCUT2D eigenvalue weighted by molar-refractivity contribution is 5.60. The molecule has 5 heteroatoms. The van der Waals surface area contributed by atoms with Crippen molar-refractivity contribution < 1.29 is 22.7 Å². The topological polar surface area (TPSA) is 33.4 Å². The summed E-state index contributed by atoms with van der Waals surface area (Å²) in [7, 11) is 0. The van der Waals surface area contributed by atoms with E-state index in [0.717, 1.165) is 6.07 Å². The fourth-order valence-electron chi connectivity index (χ4n) is 2.01. The number of furan rings is 1. The van der Waals surface area contributed by atoms with E-state index in [4.69, 9.17) is 4.42 Å². The van der Waals surface area contributed by atoms with E-state index in [-0.39, 0.29) is 5.56 Å². The van der Waals surface area contributed by atoms with Crippen molar-refractivity contribution in [3.63, 3.8) is 0 Å². The number of rotatable bonds is 3. The van der Waals surface area contributed by atoms with E-state index < -0.39 is 17.8 Å². The first kappa shape index (κ1) is 14.7. The van der Waals surface area contributed by atoms with Crippen molar-refractivity contribution >= 4 is 0 Å². The van der Waals surface area contributed by atoms with E-state index in [9.17, 15) is 18.3 Å². The Morgan fingerprint density at radius 1 is 1.20 bits per heavy atom. The number of benzene rings is 1. The molecular weight excluding hydrogens is 269 g/mol. The zero-order chi connectivity index (χ0) is 14.9. The van der Waals surface area contributed by atoms with Gasteiger partial charge in [-0.1, -0.05) is 12.1 Å². The van der Waals surface area contributed by atoms with Crippen molar-refractivity contribution in [1.29, 1.82) is 0 Å². The molecule has 0 bridgehead atoms. The minimum Gasteiger partial charge on any atom is -0.461 e. The van der Waals surface area contributed by atoms with Gasteiger partial charge < -0.3 is 9.52 Å². The lowest BCUT2D eigenvalue weighted by atomic mass is 10.0. The average Bonchev–Trinajstić information content (AvgIpc) is 2.75. The standard InChI is InChI=1S/C15H15F3O2/c1-9-3-4-11(8-13(9)15(16,17)18)14-6-5-12(20-14)7-10(2)19/h3-6,8,10,19H,7H2,1-2H3. The van der Waals surface area contributed by atoms with Crippen LogP contribution >= 0.6 is 0 Å². The molecule has 1 aromatic carbocycles. The Balaban J connectivity index is 2.36. The van der Waals surface area contributed by atoms with E-state index in [1.165, 1.54) is 13.0 Å². The van der Waals surface area contributed by atoms with Gasteiger partial charge in [-0.3, -0.25) is 0 Å². The van der Waals surface area contributed by atoms with Crippen molar-refractivity contribution in [2.75, 3.05) is 0 Å². The first-order valence-electron chi connectivity index (χ1n) is 6.22. The zero-order valence-electron chi connectivity index (χ0n) is 11.2. The molecule has 1 N–H and O–H groups in total. The second-order valence-electron chi connectivity index (χ2n) is 4.85. The third-order valence-corrected chi connectivity index (χ3v) is 2.99. The molecule has 1 unspecified atom stereocenters. The van der Waals surface area contributed by atoms with E-state index in [0.29, 0.717) is 23.5 Å². The van der Waals surface area contributed by atoms with Gasteiger partial charge in [-0.25, -0.2) is 0 Å². The predicted molar refractivity (Wildman–Crippen MR) is 69.3 cm³/mol. The Morgan fingerprint density at radius 2 is 1.90 bits per heavy atom. The third-order valence-electron chi connectivity index (χ3n) is 2.99. The summed E-state index contributed by atoms with van der Waals surface area (Å²) in [6.45, 7) is 3.05. The highest BCUT2D eigenvalue weighted by atomic mass is 19.4. The van der Waals surface area contributed by atoms with Crippen molar-refractivity contribution in [2.45, 2.75) is 32.5 Å². The summed E-state index contributed by atoms with van der Waals surface area (Å²) in [6.07, 6.45) is -4.61. The lowest BCUT2D eigenvalue weighted by Crippen LogP contribution is -2.07. The molecular formula is C15H15F3O2. The molecule has 0 fully saturated rings. The van der Waals surface area contributed by atoms with Gasteiger partial charge in [0.05, 0.1) is 11.7 Å². The molecule has 0 aliphatic heterocycles. The Bertz CT molecular complexity index is 597. The SMILES string of the molecule is Cc1ccc(-c2ccc(CC(C)O)o2)cc1C(F)(F)F. The lowest BCUT2D eigenvalue weighted by molar-refractivity contribution is -0.138. The average molecular weight is 284 g/mol. The van der Waals surface area contributed by atoms with Gasteiger partial charge in [-0.05, 0) is 37.6 Å². The van der Waals surface area contributed by atoms with Gasteiger partial charge in [-0.2, -0.15) is 13.2 Å². The Hall–Kier alpha value is -1.75. The number of aliphatic hydroxyl groups is 1. The van der Waals surface area contributed by atoms with Gasteiger partial charge in [-0.15, -0.1) is 0 Å². The summed E-state index contributed by atoms with van der Waals surface area (Å²) in [5.74, 6) is 0.912. The fourth-order valence-corrected chi connectivity index (χ4v) is 2.01. The number of hydrogen-bond acceptors (Lipinski definition) is 2.